The molecule has 0 saturated carbocycles. The monoisotopic (exact) mass is 413 g/mol. The molecule has 172 valence electrons. The third kappa shape index (κ3) is 18.9. The maximum atomic E-state index is 6.13. The number of hydrogen-bond acceptors (Lipinski definition) is 1. The van der Waals surface area contributed by atoms with Crippen LogP contribution in [0.1, 0.15) is 81.6 Å². The van der Waals surface area contributed by atoms with Crippen LogP contribution in [-0.4, -0.2) is 0 Å². The summed E-state index contributed by atoms with van der Waals surface area (Å²) in [6.45, 7) is 36.2. The predicted octanol–water partition coefficient (Wildman–Crippen LogP) is 9.34. The van der Waals surface area contributed by atoms with E-state index in [1.807, 2.05) is 52.0 Å². The smallest absolute Gasteiger partial charge is 0.0407 e. The Labute approximate surface area is 190 Å². The van der Waals surface area contributed by atoms with Crippen LogP contribution in [0, 0.1) is 17.8 Å². The van der Waals surface area contributed by atoms with Gasteiger partial charge in [-0.2, -0.15) is 0 Å². The number of terminal acetylenes is 1. The minimum absolute atomic E-state index is 0.346. The van der Waals surface area contributed by atoms with Crippen LogP contribution < -0.4 is 5.73 Å². The van der Waals surface area contributed by atoms with Crippen molar-refractivity contribution in [3.8, 4) is 12.3 Å². The van der Waals surface area contributed by atoms with Crippen LogP contribution in [0.4, 0.5) is 0 Å². The molecule has 0 aromatic carbocycles. The Morgan fingerprint density at radius 1 is 1.03 bits per heavy atom. The molecule has 30 heavy (non-hydrogen) atoms. The van der Waals surface area contributed by atoms with Crippen LogP contribution in [0.15, 0.2) is 85.7 Å². The summed E-state index contributed by atoms with van der Waals surface area (Å²) >= 11 is 0. The first-order chi connectivity index (χ1) is 14.2. The van der Waals surface area contributed by atoms with E-state index in [9.17, 15) is 0 Å². The van der Waals surface area contributed by atoms with Gasteiger partial charge >= 0.3 is 0 Å². The van der Waals surface area contributed by atoms with E-state index in [1.54, 1.807) is 6.92 Å². The van der Waals surface area contributed by atoms with E-state index in [0.29, 0.717) is 5.70 Å². The van der Waals surface area contributed by atoms with E-state index < -0.39 is 0 Å². The summed E-state index contributed by atoms with van der Waals surface area (Å²) < 4.78 is 0. The number of allylic oxidation sites excluding steroid dienone is 8. The van der Waals surface area contributed by atoms with E-state index in [2.05, 4.69) is 79.0 Å². The number of hydrogen-bond donors (Lipinski definition) is 1. The highest BCUT2D eigenvalue weighted by Gasteiger charge is 2.33. The number of nitrogens with two attached hydrogens (primary N) is 1. The van der Waals surface area contributed by atoms with Crippen molar-refractivity contribution in [3.63, 3.8) is 0 Å². The maximum Gasteiger partial charge on any atom is 0.0407 e. The average molecular weight is 414 g/mol. The molecule has 0 radical (unpaired) electrons. The first kappa shape index (κ1) is 38.2. The molecule has 0 bridgehead atoms. The second-order valence-electron chi connectivity index (χ2n) is 6.26. The summed E-state index contributed by atoms with van der Waals surface area (Å²) in [4.78, 5) is 0. The standard InChI is InChI=1S/C19H29N.C3H8.C3H4.C2H6.C2H4/c1-8-11-15(4)16(5)14-19(13-10-3,18(7)20)17(6)12-9-2;2*1-3-2;2*1-2/h8-12H,3,6-7,13-14,20H2,1-2,4-5H3;3H2,1-2H3;1H,2H3;1-2H3;1-2H2/b11-8-,12-9+,16-15-;;;;. The van der Waals surface area contributed by atoms with Gasteiger partial charge in [0.2, 0.25) is 0 Å². The van der Waals surface area contributed by atoms with Crippen molar-refractivity contribution in [3.05, 3.63) is 85.7 Å². The Kier molecular flexibility index (Phi) is 36.6. The molecule has 1 heteroatoms. The molecular weight excluding hydrogens is 362 g/mol. The molecule has 0 fully saturated rings. The van der Waals surface area contributed by atoms with Gasteiger partial charge in [-0.1, -0.05) is 88.8 Å². The molecule has 0 aromatic heterocycles. The zero-order valence-electron chi connectivity index (χ0n) is 21.7. The van der Waals surface area contributed by atoms with Crippen LogP contribution in [0.25, 0.3) is 0 Å². The molecule has 0 aliphatic carbocycles. The van der Waals surface area contributed by atoms with Gasteiger partial charge in [-0.3, -0.25) is 0 Å². The third-order valence-electron chi connectivity index (χ3n) is 3.75. The molecule has 0 spiro atoms. The molecule has 1 nitrogen and oxygen atoms in total. The normalized spacial score (nSPS) is 11.9. The van der Waals surface area contributed by atoms with Gasteiger partial charge < -0.3 is 5.73 Å². The van der Waals surface area contributed by atoms with Crippen molar-refractivity contribution in [1.82, 2.24) is 0 Å². The Morgan fingerprint density at radius 3 is 1.67 bits per heavy atom. The van der Waals surface area contributed by atoms with Gasteiger partial charge in [0.15, 0.2) is 0 Å². The highest BCUT2D eigenvalue weighted by Crippen LogP contribution is 2.42. The summed E-state index contributed by atoms with van der Waals surface area (Å²) in [5, 5.41) is 0. The van der Waals surface area contributed by atoms with Gasteiger partial charge in [0.25, 0.3) is 0 Å². The molecule has 0 aromatic rings. The van der Waals surface area contributed by atoms with Crippen LogP contribution >= 0.6 is 0 Å². The molecule has 1 unspecified atom stereocenters. The summed E-state index contributed by atoms with van der Waals surface area (Å²) in [7, 11) is 0. The summed E-state index contributed by atoms with van der Waals surface area (Å²) in [5.74, 6) is 2.25. The number of rotatable bonds is 8. The average Bonchev–Trinajstić information content (AvgIpc) is 2.72. The van der Waals surface area contributed by atoms with E-state index >= 15 is 0 Å². The van der Waals surface area contributed by atoms with Gasteiger partial charge in [0.1, 0.15) is 0 Å². The molecule has 0 aliphatic rings. The van der Waals surface area contributed by atoms with Crippen LogP contribution in [0.2, 0.25) is 0 Å². The first-order valence-corrected chi connectivity index (χ1v) is 10.7. The summed E-state index contributed by atoms with van der Waals surface area (Å²) in [6.07, 6.45) is 17.5. The largest absolute Gasteiger partial charge is 0.402 e. The summed E-state index contributed by atoms with van der Waals surface area (Å²) in [5.41, 5.74) is 9.97. The lowest BCUT2D eigenvalue weighted by Crippen LogP contribution is -2.29. The van der Waals surface area contributed by atoms with Gasteiger partial charge in [0.05, 0.1) is 0 Å². The van der Waals surface area contributed by atoms with Gasteiger partial charge in [0, 0.05) is 11.1 Å². The van der Waals surface area contributed by atoms with Crippen molar-refractivity contribution in [2.45, 2.75) is 81.6 Å². The fourth-order valence-corrected chi connectivity index (χ4v) is 2.36. The Bertz CT molecular complexity index is 564. The Hall–Kier alpha value is -2.46. The third-order valence-corrected chi connectivity index (χ3v) is 3.75. The molecule has 0 rings (SSSR count). The van der Waals surface area contributed by atoms with Crippen LogP contribution in [0.5, 0.6) is 0 Å². The fourth-order valence-electron chi connectivity index (χ4n) is 2.36. The summed E-state index contributed by atoms with van der Waals surface area (Å²) in [6, 6.07) is 0. The van der Waals surface area contributed by atoms with Crippen LogP contribution in [-0.2, 0) is 0 Å². The van der Waals surface area contributed by atoms with Crippen LogP contribution in [0.3, 0.4) is 0 Å². The van der Waals surface area contributed by atoms with Gasteiger partial charge in [-0.25, -0.2) is 0 Å². The zero-order valence-corrected chi connectivity index (χ0v) is 21.7. The Balaban J connectivity index is -0.000000177. The van der Waals surface area contributed by atoms with E-state index in [0.717, 1.165) is 18.4 Å². The Morgan fingerprint density at radius 2 is 1.40 bits per heavy atom. The predicted molar refractivity (Wildman–Crippen MR) is 145 cm³/mol. The molecule has 0 aliphatic heterocycles. The molecule has 1 atom stereocenters. The lowest BCUT2D eigenvalue weighted by molar-refractivity contribution is 0.436. The van der Waals surface area contributed by atoms with E-state index in [-0.39, 0.29) is 5.41 Å². The van der Waals surface area contributed by atoms with Gasteiger partial charge in [-0.15, -0.1) is 32.1 Å². The highest BCUT2D eigenvalue weighted by molar-refractivity contribution is 5.37. The van der Waals surface area contributed by atoms with Crippen molar-refractivity contribution in [2.75, 3.05) is 0 Å². The lowest BCUT2D eigenvalue weighted by atomic mass is 9.70. The second-order valence-corrected chi connectivity index (χ2v) is 6.26. The zero-order chi connectivity index (χ0) is 25.2. The van der Waals surface area contributed by atoms with E-state index in [4.69, 9.17) is 5.73 Å². The van der Waals surface area contributed by atoms with Crippen molar-refractivity contribution in [2.24, 2.45) is 11.1 Å². The van der Waals surface area contributed by atoms with Gasteiger partial charge in [-0.05, 0) is 53.0 Å². The molecule has 0 amide bonds. The molecule has 0 saturated heterocycles. The SMILES string of the molecule is C#CC.C=C.C=CCC(C/C(C)=C(C)\C=C/C)(C(=C)N)C(=C)/C=C/C.CC.CCC. The second kappa shape index (κ2) is 28.7. The van der Waals surface area contributed by atoms with Crippen molar-refractivity contribution < 1.29 is 0 Å². The fraction of sp³-hybridized carbons (Fsp3) is 0.448. The van der Waals surface area contributed by atoms with Crippen molar-refractivity contribution >= 4 is 0 Å². The lowest BCUT2D eigenvalue weighted by Gasteiger charge is -2.35. The van der Waals surface area contributed by atoms with E-state index in [1.165, 1.54) is 17.6 Å². The minimum atomic E-state index is -0.346. The molecular formula is C29H51N. The maximum absolute atomic E-state index is 6.13. The minimum Gasteiger partial charge on any atom is -0.402 e. The quantitative estimate of drug-likeness (QED) is 0.239. The molecule has 0 heterocycles. The molecule has 2 N–H and O–H groups in total. The van der Waals surface area contributed by atoms with Crippen molar-refractivity contribution in [1.29, 1.82) is 0 Å². The topological polar surface area (TPSA) is 26.0 Å². The highest BCUT2D eigenvalue weighted by atomic mass is 14.6. The first-order valence-electron chi connectivity index (χ1n) is 10.7.